The molecule has 5 nitrogen and oxygen atoms in total. The molecule has 0 heterocycles. The predicted octanol–water partition coefficient (Wildman–Crippen LogP) is 5.51. The highest BCUT2D eigenvalue weighted by Gasteiger charge is 2.23. The highest BCUT2D eigenvalue weighted by molar-refractivity contribution is 7.97. The zero-order valence-corrected chi connectivity index (χ0v) is 18.7. The van der Waals surface area contributed by atoms with E-state index < -0.39 is 5.60 Å². The summed E-state index contributed by atoms with van der Waals surface area (Å²) in [5.41, 5.74) is 0.636. The minimum atomic E-state index is -0.484. The van der Waals surface area contributed by atoms with Crippen molar-refractivity contribution in [3.8, 4) is 0 Å². The lowest BCUT2D eigenvalue weighted by Gasteiger charge is -2.29. The first kappa shape index (κ1) is 22.4. The molecule has 28 heavy (non-hydrogen) atoms. The van der Waals surface area contributed by atoms with Gasteiger partial charge in [-0.2, -0.15) is 0 Å². The van der Waals surface area contributed by atoms with Crippen LogP contribution in [0.1, 0.15) is 41.0 Å². The predicted molar refractivity (Wildman–Crippen MR) is 120 cm³/mol. The first-order valence-corrected chi connectivity index (χ1v) is 10.7. The van der Waals surface area contributed by atoms with Gasteiger partial charge in [0.15, 0.2) is 0 Å². The van der Waals surface area contributed by atoms with Crippen molar-refractivity contribution in [3.05, 3.63) is 36.4 Å². The Hall–Kier alpha value is -1.92. The molecule has 0 spiro atoms. The number of ether oxygens (including phenoxy) is 1. The van der Waals surface area contributed by atoms with Gasteiger partial charge in [-0.05, 0) is 63.6 Å². The Kier molecular flexibility index (Phi) is 8.01. The second-order valence-electron chi connectivity index (χ2n) is 7.75. The van der Waals surface area contributed by atoms with Crippen LogP contribution in [0, 0.1) is 0 Å². The van der Waals surface area contributed by atoms with Crippen molar-refractivity contribution in [2.24, 2.45) is 0 Å². The molecule has 6 heteroatoms. The molecule has 0 radical (unpaired) electrons. The van der Waals surface area contributed by atoms with Gasteiger partial charge in [-0.3, -0.25) is 4.72 Å². The Labute approximate surface area is 173 Å². The normalized spacial score (nSPS) is 12.6. The zero-order valence-electron chi connectivity index (χ0n) is 17.8. The number of carbonyl (C=O) groups is 1. The summed E-state index contributed by atoms with van der Waals surface area (Å²) in [4.78, 5) is 15.4. The molecule has 0 bridgehead atoms. The lowest BCUT2D eigenvalue weighted by atomic mass is 10.1. The smallest absolute Gasteiger partial charge is 0.410 e. The van der Waals surface area contributed by atoms with Gasteiger partial charge in [0.2, 0.25) is 0 Å². The largest absolute Gasteiger partial charge is 0.444 e. The van der Waals surface area contributed by atoms with Crippen molar-refractivity contribution in [1.82, 2.24) is 9.62 Å². The minimum Gasteiger partial charge on any atom is -0.444 e. The number of rotatable bonds is 8. The van der Waals surface area contributed by atoms with Gasteiger partial charge in [-0.15, -0.1) is 0 Å². The van der Waals surface area contributed by atoms with E-state index in [0.29, 0.717) is 13.1 Å². The van der Waals surface area contributed by atoms with Gasteiger partial charge < -0.3 is 15.0 Å². The van der Waals surface area contributed by atoms with Crippen LogP contribution in [0.25, 0.3) is 10.8 Å². The van der Waals surface area contributed by atoms with E-state index in [9.17, 15) is 4.79 Å². The molecular weight excluding hydrogens is 370 g/mol. The molecular formula is C22H33N3O2S. The molecule has 154 valence electrons. The molecule has 0 aliphatic heterocycles. The summed E-state index contributed by atoms with van der Waals surface area (Å²) >= 11 is 1.62. The summed E-state index contributed by atoms with van der Waals surface area (Å²) in [5, 5.41) is 5.66. The molecule has 0 aliphatic carbocycles. The van der Waals surface area contributed by atoms with Crippen LogP contribution in [0.5, 0.6) is 0 Å². The summed E-state index contributed by atoms with van der Waals surface area (Å²) in [5.74, 6) is 0. The Bertz CT molecular complexity index is 789. The van der Waals surface area contributed by atoms with Crippen LogP contribution in [-0.2, 0) is 4.74 Å². The molecule has 2 aromatic carbocycles. The molecule has 0 fully saturated rings. The molecule has 1 amide bonds. The molecule has 0 aromatic heterocycles. The summed E-state index contributed by atoms with van der Waals surface area (Å²) in [6, 6.07) is 12.8. The molecule has 2 N–H and O–H groups in total. The molecule has 0 saturated heterocycles. The van der Waals surface area contributed by atoms with Gasteiger partial charge >= 0.3 is 6.09 Å². The van der Waals surface area contributed by atoms with Crippen LogP contribution in [0.4, 0.5) is 10.5 Å². The molecule has 0 aliphatic rings. The maximum absolute atomic E-state index is 12.4. The third-order valence-corrected chi connectivity index (χ3v) is 5.48. The summed E-state index contributed by atoms with van der Waals surface area (Å²) in [7, 11) is 1.94. The van der Waals surface area contributed by atoms with Crippen LogP contribution in [0.3, 0.4) is 0 Å². The highest BCUT2D eigenvalue weighted by Crippen LogP contribution is 2.31. The van der Waals surface area contributed by atoms with Crippen molar-refractivity contribution in [3.63, 3.8) is 0 Å². The fourth-order valence-electron chi connectivity index (χ4n) is 2.90. The Morgan fingerprint density at radius 3 is 2.39 bits per heavy atom. The SMILES string of the molecule is CCC(CN(CC)C(=O)OC(C)(C)C)NSc1ccc(NC)c2ccccc12. The van der Waals surface area contributed by atoms with E-state index in [0.717, 1.165) is 12.1 Å². The standard InChI is InChI=1S/C22H33N3O2S/c1-7-16(15-25(8-2)21(26)27-22(3,4)5)24-28-20-14-13-19(23-6)17-11-9-10-12-18(17)20/h9-14,16,23-24H,7-8,15H2,1-6H3. The second kappa shape index (κ2) is 10.0. The van der Waals surface area contributed by atoms with Crippen LogP contribution in [-0.4, -0.2) is 42.8 Å². The number of anilines is 1. The summed E-state index contributed by atoms with van der Waals surface area (Å²) in [6.07, 6.45) is 0.655. The van der Waals surface area contributed by atoms with Gasteiger partial charge in [0.1, 0.15) is 5.60 Å². The van der Waals surface area contributed by atoms with Gasteiger partial charge in [-0.25, -0.2) is 4.79 Å². The number of hydrogen-bond acceptors (Lipinski definition) is 5. The van der Waals surface area contributed by atoms with E-state index in [1.165, 1.54) is 15.7 Å². The Morgan fingerprint density at radius 1 is 1.14 bits per heavy atom. The van der Waals surface area contributed by atoms with Crippen LogP contribution in [0.15, 0.2) is 41.3 Å². The fourth-order valence-corrected chi connectivity index (χ4v) is 3.86. The van der Waals surface area contributed by atoms with E-state index in [2.05, 4.69) is 53.4 Å². The fraction of sp³-hybridized carbons (Fsp3) is 0.500. The van der Waals surface area contributed by atoms with E-state index in [-0.39, 0.29) is 12.1 Å². The topological polar surface area (TPSA) is 53.6 Å². The van der Waals surface area contributed by atoms with Crippen LogP contribution in [0.2, 0.25) is 0 Å². The van der Waals surface area contributed by atoms with Crippen molar-refractivity contribution < 1.29 is 9.53 Å². The van der Waals surface area contributed by atoms with Crippen molar-refractivity contribution in [2.75, 3.05) is 25.5 Å². The third-order valence-electron chi connectivity index (χ3n) is 4.46. The molecule has 0 saturated carbocycles. The lowest BCUT2D eigenvalue weighted by molar-refractivity contribution is 0.0246. The summed E-state index contributed by atoms with van der Waals surface area (Å²) < 4.78 is 9.07. The quantitative estimate of drug-likeness (QED) is 0.569. The number of carbonyl (C=O) groups excluding carboxylic acids is 1. The number of fused-ring (bicyclic) bond motifs is 1. The summed E-state index contributed by atoms with van der Waals surface area (Å²) in [6.45, 7) is 11.0. The van der Waals surface area contributed by atoms with E-state index in [1.54, 1.807) is 16.8 Å². The number of amides is 1. The van der Waals surface area contributed by atoms with Crippen molar-refractivity contribution >= 4 is 34.5 Å². The van der Waals surface area contributed by atoms with Crippen LogP contribution < -0.4 is 10.0 Å². The van der Waals surface area contributed by atoms with Gasteiger partial charge in [-0.1, -0.05) is 31.2 Å². The average molecular weight is 404 g/mol. The first-order chi connectivity index (χ1) is 13.3. The highest BCUT2D eigenvalue weighted by atomic mass is 32.2. The van der Waals surface area contributed by atoms with Crippen molar-refractivity contribution in [2.45, 2.75) is 57.6 Å². The number of hydrogen-bond donors (Lipinski definition) is 2. The first-order valence-electron chi connectivity index (χ1n) is 9.88. The maximum atomic E-state index is 12.4. The second-order valence-corrected chi connectivity index (χ2v) is 8.63. The molecule has 1 unspecified atom stereocenters. The molecule has 2 rings (SSSR count). The van der Waals surface area contributed by atoms with Gasteiger partial charge in [0, 0.05) is 42.1 Å². The zero-order chi connectivity index (χ0) is 20.7. The number of nitrogens with zero attached hydrogens (tertiary/aromatic N) is 1. The van der Waals surface area contributed by atoms with Gasteiger partial charge in [0.25, 0.3) is 0 Å². The average Bonchev–Trinajstić information content (AvgIpc) is 2.66. The van der Waals surface area contributed by atoms with Gasteiger partial charge in [0.05, 0.1) is 0 Å². The van der Waals surface area contributed by atoms with E-state index in [4.69, 9.17) is 4.74 Å². The third kappa shape index (κ3) is 6.04. The number of benzene rings is 2. The monoisotopic (exact) mass is 403 g/mol. The maximum Gasteiger partial charge on any atom is 0.410 e. The number of nitrogens with one attached hydrogen (secondary N) is 2. The van der Waals surface area contributed by atoms with Crippen LogP contribution >= 0.6 is 11.9 Å². The number of likely N-dealkylation sites (N-methyl/N-ethyl adjacent to an activating group) is 1. The Morgan fingerprint density at radius 2 is 1.82 bits per heavy atom. The Balaban J connectivity index is 2.08. The minimum absolute atomic E-state index is 0.167. The molecule has 2 aromatic rings. The molecule has 1 atom stereocenters. The van der Waals surface area contributed by atoms with E-state index in [1.807, 2.05) is 34.7 Å². The van der Waals surface area contributed by atoms with Crippen molar-refractivity contribution in [1.29, 1.82) is 0 Å². The lowest BCUT2D eigenvalue weighted by Crippen LogP contribution is -2.43. The van der Waals surface area contributed by atoms with E-state index >= 15 is 0 Å².